The summed E-state index contributed by atoms with van der Waals surface area (Å²) < 4.78 is 14.2. The lowest BCUT2D eigenvalue weighted by molar-refractivity contribution is 0.0691. The van der Waals surface area contributed by atoms with Gasteiger partial charge in [0.15, 0.2) is 0 Å². The Bertz CT molecular complexity index is 731. The first-order chi connectivity index (χ1) is 9.88. The highest BCUT2D eigenvalue weighted by Gasteiger charge is 2.13. The van der Waals surface area contributed by atoms with Gasteiger partial charge in [0, 0.05) is 15.7 Å². The number of hydrogen-bond acceptors (Lipinski definition) is 2. The number of hydrogen-bond donors (Lipinski definition) is 2. The molecule has 108 valence electrons. The molecule has 21 heavy (non-hydrogen) atoms. The number of benzene rings is 2. The quantitative estimate of drug-likeness (QED) is 0.882. The van der Waals surface area contributed by atoms with Crippen LogP contribution in [0.25, 0.3) is 0 Å². The van der Waals surface area contributed by atoms with Crippen molar-refractivity contribution in [1.82, 2.24) is 0 Å². The monoisotopic (exact) mass is 351 g/mol. The summed E-state index contributed by atoms with van der Waals surface area (Å²) in [6.45, 7) is 1.85. The highest BCUT2D eigenvalue weighted by molar-refractivity contribution is 9.10. The predicted molar refractivity (Wildman–Crippen MR) is 80.2 cm³/mol. The van der Waals surface area contributed by atoms with E-state index in [4.69, 9.17) is 5.11 Å². The van der Waals surface area contributed by atoms with E-state index in [0.29, 0.717) is 5.56 Å². The molecule has 0 spiro atoms. The van der Waals surface area contributed by atoms with Gasteiger partial charge < -0.3 is 10.4 Å². The van der Waals surface area contributed by atoms with Crippen molar-refractivity contribution in [2.75, 3.05) is 5.32 Å². The number of aromatic carboxylic acids is 1. The van der Waals surface area contributed by atoms with Crippen molar-refractivity contribution in [2.45, 2.75) is 6.92 Å². The Balaban J connectivity index is 2.25. The number of carboxylic acid groups (broad SMARTS) is 1. The summed E-state index contributed by atoms with van der Waals surface area (Å²) in [6, 6.07) is 8.48. The van der Waals surface area contributed by atoms with E-state index in [1.807, 2.05) is 6.92 Å². The number of nitrogens with one attached hydrogen (secondary N) is 1. The van der Waals surface area contributed by atoms with Crippen LogP contribution in [0.15, 0.2) is 40.9 Å². The third-order valence-corrected chi connectivity index (χ3v) is 3.76. The number of halogens is 2. The van der Waals surface area contributed by atoms with Gasteiger partial charge in [0.05, 0.1) is 5.56 Å². The number of carbonyl (C=O) groups excluding carboxylic acids is 1. The molecule has 0 saturated heterocycles. The Kier molecular flexibility index (Phi) is 4.37. The Labute approximate surface area is 128 Å². The topological polar surface area (TPSA) is 66.4 Å². The van der Waals surface area contributed by atoms with Crippen molar-refractivity contribution in [1.29, 1.82) is 0 Å². The molecule has 0 radical (unpaired) electrons. The fourth-order valence-electron chi connectivity index (χ4n) is 1.76. The van der Waals surface area contributed by atoms with E-state index in [1.165, 1.54) is 6.07 Å². The van der Waals surface area contributed by atoms with Crippen LogP contribution < -0.4 is 5.32 Å². The first-order valence-electron chi connectivity index (χ1n) is 5.99. The van der Waals surface area contributed by atoms with E-state index >= 15 is 0 Å². The lowest BCUT2D eigenvalue weighted by Gasteiger charge is -2.08. The summed E-state index contributed by atoms with van der Waals surface area (Å²) in [4.78, 5) is 22.9. The molecule has 0 aliphatic rings. The summed E-state index contributed by atoms with van der Waals surface area (Å²) in [7, 11) is 0. The minimum atomic E-state index is -1.39. The molecule has 6 heteroatoms. The first-order valence-corrected chi connectivity index (χ1v) is 6.78. The van der Waals surface area contributed by atoms with E-state index in [2.05, 4.69) is 21.2 Å². The Hall–Kier alpha value is -2.21. The highest BCUT2D eigenvalue weighted by Crippen LogP contribution is 2.19. The minimum Gasteiger partial charge on any atom is -0.478 e. The summed E-state index contributed by atoms with van der Waals surface area (Å²) in [5, 5.41) is 11.4. The van der Waals surface area contributed by atoms with E-state index < -0.39 is 23.3 Å². The summed E-state index contributed by atoms with van der Waals surface area (Å²) in [6.07, 6.45) is 0. The molecular formula is C15H11BrFNO3. The average molecular weight is 352 g/mol. The van der Waals surface area contributed by atoms with Gasteiger partial charge >= 0.3 is 5.97 Å². The third-order valence-electron chi connectivity index (χ3n) is 2.87. The van der Waals surface area contributed by atoms with Crippen LogP contribution in [0, 0.1) is 12.7 Å². The van der Waals surface area contributed by atoms with Crippen LogP contribution in [0.1, 0.15) is 26.3 Å². The second kappa shape index (κ2) is 6.05. The molecule has 0 fully saturated rings. The van der Waals surface area contributed by atoms with Crippen molar-refractivity contribution >= 4 is 33.5 Å². The fourth-order valence-corrected chi connectivity index (χ4v) is 2.00. The summed E-state index contributed by atoms with van der Waals surface area (Å²) >= 11 is 3.34. The molecule has 0 unspecified atom stereocenters. The van der Waals surface area contributed by atoms with Gasteiger partial charge in [0.1, 0.15) is 5.82 Å². The molecule has 2 aromatic carbocycles. The van der Waals surface area contributed by atoms with Crippen molar-refractivity contribution in [3.8, 4) is 0 Å². The van der Waals surface area contributed by atoms with E-state index in [-0.39, 0.29) is 5.69 Å². The molecule has 2 rings (SSSR count). The largest absolute Gasteiger partial charge is 0.478 e. The van der Waals surface area contributed by atoms with Crippen LogP contribution in [-0.2, 0) is 0 Å². The standard InChI is InChI=1S/C15H11BrFNO3/c1-8-6-9(2-4-12(8)16)14(19)18-10-3-5-13(17)11(7-10)15(20)21/h2-7H,1H3,(H,18,19)(H,20,21). The zero-order chi connectivity index (χ0) is 15.6. The first kappa shape index (κ1) is 15.2. The molecule has 0 atom stereocenters. The number of aryl methyl sites for hydroxylation is 1. The Morgan fingerprint density at radius 2 is 1.90 bits per heavy atom. The van der Waals surface area contributed by atoms with Crippen LogP contribution in [0.5, 0.6) is 0 Å². The van der Waals surface area contributed by atoms with Crippen LogP contribution in [0.3, 0.4) is 0 Å². The number of amides is 1. The maximum absolute atomic E-state index is 13.3. The second-order valence-electron chi connectivity index (χ2n) is 4.42. The van der Waals surface area contributed by atoms with Gasteiger partial charge in [0.2, 0.25) is 0 Å². The molecule has 2 N–H and O–H groups in total. The van der Waals surface area contributed by atoms with Crippen molar-refractivity contribution in [2.24, 2.45) is 0 Å². The van der Waals surface area contributed by atoms with E-state index in [9.17, 15) is 14.0 Å². The van der Waals surface area contributed by atoms with Crippen molar-refractivity contribution in [3.63, 3.8) is 0 Å². The molecule has 0 aliphatic carbocycles. The average Bonchev–Trinajstić information content (AvgIpc) is 2.43. The van der Waals surface area contributed by atoms with Crippen LogP contribution in [-0.4, -0.2) is 17.0 Å². The molecule has 1 amide bonds. The molecule has 0 aliphatic heterocycles. The van der Waals surface area contributed by atoms with Gasteiger partial charge in [-0.2, -0.15) is 0 Å². The fraction of sp³-hybridized carbons (Fsp3) is 0.0667. The molecule has 0 aromatic heterocycles. The van der Waals surface area contributed by atoms with Gasteiger partial charge in [-0.05, 0) is 48.9 Å². The van der Waals surface area contributed by atoms with Crippen molar-refractivity contribution in [3.05, 3.63) is 63.4 Å². The number of rotatable bonds is 3. The van der Waals surface area contributed by atoms with Crippen molar-refractivity contribution < 1.29 is 19.1 Å². The maximum atomic E-state index is 13.3. The molecule has 0 heterocycles. The van der Waals surface area contributed by atoms with E-state index in [0.717, 1.165) is 22.2 Å². The maximum Gasteiger partial charge on any atom is 0.338 e. The zero-order valence-corrected chi connectivity index (χ0v) is 12.6. The normalized spacial score (nSPS) is 10.2. The molecule has 4 nitrogen and oxygen atoms in total. The zero-order valence-electron chi connectivity index (χ0n) is 11.0. The molecule has 0 bridgehead atoms. The van der Waals surface area contributed by atoms with Crippen LogP contribution in [0.2, 0.25) is 0 Å². The van der Waals surface area contributed by atoms with Gasteiger partial charge in [0.25, 0.3) is 5.91 Å². The Morgan fingerprint density at radius 1 is 1.19 bits per heavy atom. The SMILES string of the molecule is Cc1cc(C(=O)Nc2ccc(F)c(C(=O)O)c2)ccc1Br. The van der Waals surface area contributed by atoms with Gasteiger partial charge in [-0.25, -0.2) is 9.18 Å². The molecule has 0 saturated carbocycles. The highest BCUT2D eigenvalue weighted by atomic mass is 79.9. The predicted octanol–water partition coefficient (Wildman–Crippen LogP) is 3.85. The second-order valence-corrected chi connectivity index (χ2v) is 5.27. The lowest BCUT2D eigenvalue weighted by atomic mass is 10.1. The summed E-state index contributed by atoms with van der Waals surface area (Å²) in [5.41, 5.74) is 1.06. The third kappa shape index (κ3) is 3.46. The van der Waals surface area contributed by atoms with Crippen LogP contribution >= 0.6 is 15.9 Å². The number of carbonyl (C=O) groups is 2. The summed E-state index contributed by atoms with van der Waals surface area (Å²) in [5.74, 6) is -2.63. The smallest absolute Gasteiger partial charge is 0.338 e. The number of carboxylic acids is 1. The lowest BCUT2D eigenvalue weighted by Crippen LogP contribution is -2.13. The minimum absolute atomic E-state index is 0.222. The van der Waals surface area contributed by atoms with Crippen LogP contribution in [0.4, 0.5) is 10.1 Å². The van der Waals surface area contributed by atoms with E-state index in [1.54, 1.807) is 18.2 Å². The van der Waals surface area contributed by atoms with Gasteiger partial charge in [-0.1, -0.05) is 15.9 Å². The molecule has 2 aromatic rings. The Morgan fingerprint density at radius 3 is 2.52 bits per heavy atom. The van der Waals surface area contributed by atoms with Gasteiger partial charge in [-0.3, -0.25) is 4.79 Å². The number of anilines is 1. The van der Waals surface area contributed by atoms with Gasteiger partial charge in [-0.15, -0.1) is 0 Å². The molecular weight excluding hydrogens is 341 g/mol.